The van der Waals surface area contributed by atoms with Crippen molar-refractivity contribution >= 4 is 33.3 Å². The van der Waals surface area contributed by atoms with Crippen LogP contribution in [0.3, 0.4) is 0 Å². The van der Waals surface area contributed by atoms with E-state index >= 15 is 0 Å². The van der Waals surface area contributed by atoms with Gasteiger partial charge in [-0.3, -0.25) is 9.10 Å². The summed E-state index contributed by atoms with van der Waals surface area (Å²) in [6.45, 7) is 2.05. The van der Waals surface area contributed by atoms with E-state index in [4.69, 9.17) is 4.42 Å². The molecule has 0 atom stereocenters. The Labute approximate surface area is 173 Å². The van der Waals surface area contributed by atoms with Crippen LogP contribution in [-0.4, -0.2) is 42.4 Å². The standard InChI is InChI=1S/C20H19N3O4S2/c1-2-29(25,26)23-11-10-15-12-16(8-9-17(15)23)18(24)13-28-20-22-21-19(27-20)14-6-4-3-5-7-14/h3-9,12H,2,10-11,13H2,1H3. The van der Waals surface area contributed by atoms with Crippen molar-refractivity contribution in [3.63, 3.8) is 0 Å². The van der Waals surface area contributed by atoms with Gasteiger partial charge in [-0.15, -0.1) is 10.2 Å². The fourth-order valence-electron chi connectivity index (χ4n) is 3.17. The van der Waals surface area contributed by atoms with E-state index in [1.54, 1.807) is 25.1 Å². The summed E-state index contributed by atoms with van der Waals surface area (Å²) in [4.78, 5) is 12.6. The molecule has 150 valence electrons. The van der Waals surface area contributed by atoms with Crippen molar-refractivity contribution in [3.8, 4) is 11.5 Å². The molecule has 0 amide bonds. The maximum absolute atomic E-state index is 12.6. The SMILES string of the molecule is CCS(=O)(=O)N1CCc2cc(C(=O)CSc3nnc(-c4ccccc4)o3)ccc21. The molecule has 4 rings (SSSR count). The number of Topliss-reactive ketones (excluding diaryl/α,β-unsaturated/α-hetero) is 1. The first-order valence-electron chi connectivity index (χ1n) is 9.16. The van der Waals surface area contributed by atoms with Gasteiger partial charge in [0, 0.05) is 17.7 Å². The van der Waals surface area contributed by atoms with E-state index in [2.05, 4.69) is 10.2 Å². The molecule has 0 spiro atoms. The number of thioether (sulfide) groups is 1. The van der Waals surface area contributed by atoms with Gasteiger partial charge in [0.15, 0.2) is 5.78 Å². The lowest BCUT2D eigenvalue weighted by atomic mass is 10.1. The van der Waals surface area contributed by atoms with E-state index in [9.17, 15) is 13.2 Å². The largest absolute Gasteiger partial charge is 0.411 e. The Kier molecular flexibility index (Phi) is 5.42. The van der Waals surface area contributed by atoms with E-state index in [1.165, 1.54) is 16.1 Å². The number of aromatic nitrogens is 2. The number of sulfonamides is 1. The molecule has 0 aliphatic carbocycles. The summed E-state index contributed by atoms with van der Waals surface area (Å²) in [6, 6.07) is 14.6. The highest BCUT2D eigenvalue weighted by atomic mass is 32.2. The van der Waals surface area contributed by atoms with Crippen molar-refractivity contribution in [3.05, 3.63) is 59.7 Å². The summed E-state index contributed by atoms with van der Waals surface area (Å²) in [5, 5.41) is 8.33. The molecule has 2 heterocycles. The van der Waals surface area contributed by atoms with Gasteiger partial charge in [0.2, 0.25) is 15.9 Å². The van der Waals surface area contributed by atoms with Gasteiger partial charge in [-0.2, -0.15) is 0 Å². The van der Waals surface area contributed by atoms with Crippen LogP contribution in [0.5, 0.6) is 0 Å². The molecule has 0 radical (unpaired) electrons. The van der Waals surface area contributed by atoms with Gasteiger partial charge < -0.3 is 4.42 Å². The summed E-state index contributed by atoms with van der Waals surface area (Å²) >= 11 is 1.18. The lowest BCUT2D eigenvalue weighted by Crippen LogP contribution is -2.30. The summed E-state index contributed by atoms with van der Waals surface area (Å²) < 4.78 is 31.4. The Hall–Kier alpha value is -2.65. The number of ketones is 1. The molecule has 2 aromatic carbocycles. The molecule has 1 aliphatic heterocycles. The van der Waals surface area contributed by atoms with E-state index in [0.717, 1.165) is 11.1 Å². The normalized spacial score (nSPS) is 13.5. The highest BCUT2D eigenvalue weighted by Gasteiger charge is 2.28. The van der Waals surface area contributed by atoms with Crippen LogP contribution in [0.2, 0.25) is 0 Å². The minimum Gasteiger partial charge on any atom is -0.411 e. The third-order valence-electron chi connectivity index (χ3n) is 4.71. The first-order valence-corrected chi connectivity index (χ1v) is 11.8. The van der Waals surface area contributed by atoms with Gasteiger partial charge >= 0.3 is 0 Å². The lowest BCUT2D eigenvalue weighted by Gasteiger charge is -2.18. The number of fused-ring (bicyclic) bond motifs is 1. The molecular weight excluding hydrogens is 410 g/mol. The minimum absolute atomic E-state index is 0.0545. The number of benzene rings is 2. The van der Waals surface area contributed by atoms with Crippen LogP contribution in [0, 0.1) is 0 Å². The third kappa shape index (κ3) is 4.06. The number of rotatable bonds is 7. The number of hydrogen-bond acceptors (Lipinski definition) is 7. The van der Waals surface area contributed by atoms with Crippen LogP contribution in [0.25, 0.3) is 11.5 Å². The molecule has 29 heavy (non-hydrogen) atoms. The number of nitrogens with zero attached hydrogens (tertiary/aromatic N) is 3. The third-order valence-corrected chi connectivity index (χ3v) is 7.31. The Morgan fingerprint density at radius 2 is 1.97 bits per heavy atom. The Bertz CT molecular complexity index is 1140. The maximum atomic E-state index is 12.6. The second-order valence-electron chi connectivity index (χ2n) is 6.52. The zero-order chi connectivity index (χ0) is 20.4. The van der Waals surface area contributed by atoms with Crippen LogP contribution in [0.1, 0.15) is 22.8 Å². The fraction of sp³-hybridized carbons (Fsp3) is 0.250. The number of carbonyl (C=O) groups is 1. The van der Waals surface area contributed by atoms with Crippen molar-refractivity contribution in [2.75, 3.05) is 22.4 Å². The number of hydrogen-bond donors (Lipinski definition) is 0. The zero-order valence-corrected chi connectivity index (χ0v) is 17.4. The van der Waals surface area contributed by atoms with Crippen LogP contribution in [-0.2, 0) is 16.4 Å². The van der Waals surface area contributed by atoms with Gasteiger partial charge in [-0.1, -0.05) is 30.0 Å². The minimum atomic E-state index is -3.29. The predicted molar refractivity (Wildman–Crippen MR) is 112 cm³/mol. The predicted octanol–water partition coefficient (Wildman–Crippen LogP) is 3.42. The van der Waals surface area contributed by atoms with Crippen LogP contribution < -0.4 is 4.31 Å². The molecular formula is C20H19N3O4S2. The van der Waals surface area contributed by atoms with Crippen molar-refractivity contribution < 1.29 is 17.6 Å². The van der Waals surface area contributed by atoms with E-state index in [-0.39, 0.29) is 17.3 Å². The Balaban J connectivity index is 1.43. The van der Waals surface area contributed by atoms with Crippen LogP contribution in [0.4, 0.5) is 5.69 Å². The van der Waals surface area contributed by atoms with Crippen molar-refractivity contribution in [1.82, 2.24) is 10.2 Å². The second kappa shape index (κ2) is 8.00. The average molecular weight is 430 g/mol. The molecule has 1 aliphatic rings. The van der Waals surface area contributed by atoms with Crippen molar-refractivity contribution in [2.24, 2.45) is 0 Å². The molecule has 0 unspecified atom stereocenters. The maximum Gasteiger partial charge on any atom is 0.277 e. The van der Waals surface area contributed by atoms with E-state index in [0.29, 0.717) is 35.3 Å². The summed E-state index contributed by atoms with van der Waals surface area (Å²) in [6.07, 6.45) is 0.604. The molecule has 0 saturated carbocycles. The van der Waals surface area contributed by atoms with Gasteiger partial charge in [0.05, 0.1) is 17.2 Å². The molecule has 1 aromatic heterocycles. The highest BCUT2D eigenvalue weighted by molar-refractivity contribution is 7.99. The topological polar surface area (TPSA) is 93.4 Å². The first-order chi connectivity index (χ1) is 14.0. The first kappa shape index (κ1) is 19.7. The van der Waals surface area contributed by atoms with Gasteiger partial charge in [0.25, 0.3) is 5.22 Å². The number of anilines is 1. The van der Waals surface area contributed by atoms with Gasteiger partial charge in [-0.05, 0) is 49.2 Å². The van der Waals surface area contributed by atoms with Gasteiger partial charge in [-0.25, -0.2) is 8.42 Å². The Morgan fingerprint density at radius 1 is 1.17 bits per heavy atom. The zero-order valence-electron chi connectivity index (χ0n) is 15.7. The van der Waals surface area contributed by atoms with Crippen molar-refractivity contribution in [2.45, 2.75) is 18.6 Å². The van der Waals surface area contributed by atoms with Crippen LogP contribution in [0.15, 0.2) is 58.2 Å². The van der Waals surface area contributed by atoms with E-state index < -0.39 is 10.0 Å². The summed E-state index contributed by atoms with van der Waals surface area (Å²) in [5.41, 5.74) is 2.92. The second-order valence-corrected chi connectivity index (χ2v) is 9.63. The lowest BCUT2D eigenvalue weighted by molar-refractivity contribution is 0.102. The smallest absolute Gasteiger partial charge is 0.277 e. The molecule has 0 fully saturated rings. The fourth-order valence-corrected chi connectivity index (χ4v) is 4.98. The molecule has 0 saturated heterocycles. The molecule has 9 heteroatoms. The quantitative estimate of drug-likeness (QED) is 0.420. The van der Waals surface area contributed by atoms with E-state index in [1.807, 2.05) is 30.3 Å². The monoisotopic (exact) mass is 429 g/mol. The highest BCUT2D eigenvalue weighted by Crippen LogP contribution is 2.32. The summed E-state index contributed by atoms with van der Waals surface area (Å²) in [7, 11) is -3.29. The molecule has 7 nitrogen and oxygen atoms in total. The Morgan fingerprint density at radius 3 is 2.72 bits per heavy atom. The summed E-state index contributed by atoms with van der Waals surface area (Å²) in [5.74, 6) is 0.551. The van der Waals surface area contributed by atoms with Crippen LogP contribution >= 0.6 is 11.8 Å². The molecule has 0 bridgehead atoms. The molecule has 0 N–H and O–H groups in total. The van der Waals surface area contributed by atoms with Crippen molar-refractivity contribution in [1.29, 1.82) is 0 Å². The van der Waals surface area contributed by atoms with Gasteiger partial charge in [0.1, 0.15) is 0 Å². The average Bonchev–Trinajstić information content (AvgIpc) is 3.39. The number of carbonyl (C=O) groups excluding carboxylic acids is 1. The molecule has 3 aromatic rings.